The number of carbonyl (C=O) groups excluding carboxylic acids is 1. The largest absolute Gasteiger partial charge is 0.433 e. The van der Waals surface area contributed by atoms with Gasteiger partial charge in [0.05, 0.1) is 0 Å². The van der Waals surface area contributed by atoms with Crippen molar-refractivity contribution in [2.45, 2.75) is 6.18 Å². The van der Waals surface area contributed by atoms with Crippen LogP contribution in [0.25, 0.3) is 0 Å². The van der Waals surface area contributed by atoms with E-state index in [1.54, 1.807) is 0 Å². The van der Waals surface area contributed by atoms with Crippen LogP contribution in [0.3, 0.4) is 0 Å². The first-order chi connectivity index (χ1) is 5.95. The number of pyridine rings is 1. The summed E-state index contributed by atoms with van der Waals surface area (Å²) >= 11 is 2.83. The van der Waals surface area contributed by atoms with Crippen molar-refractivity contribution in [1.29, 1.82) is 0 Å². The van der Waals surface area contributed by atoms with E-state index in [1.165, 1.54) is 0 Å². The lowest BCUT2D eigenvalue weighted by Gasteiger charge is -2.05. The summed E-state index contributed by atoms with van der Waals surface area (Å²) in [6.07, 6.45) is -3.18. The van der Waals surface area contributed by atoms with Gasteiger partial charge in [-0.2, -0.15) is 13.2 Å². The molecule has 0 fully saturated rings. The molecule has 0 aromatic carbocycles. The van der Waals surface area contributed by atoms with Crippen LogP contribution < -0.4 is 0 Å². The average molecular weight is 254 g/mol. The molecule has 0 unspecified atom stereocenters. The highest BCUT2D eigenvalue weighted by Crippen LogP contribution is 2.29. The summed E-state index contributed by atoms with van der Waals surface area (Å²) in [5.41, 5.74) is -0.932. The third-order valence-corrected chi connectivity index (χ3v) is 1.99. The van der Waals surface area contributed by atoms with Gasteiger partial charge >= 0.3 is 6.18 Å². The molecule has 0 bridgehead atoms. The van der Waals surface area contributed by atoms with Crippen LogP contribution in [-0.2, 0) is 6.18 Å². The third kappa shape index (κ3) is 2.27. The summed E-state index contributed by atoms with van der Waals surface area (Å²) in [7, 11) is 0. The van der Waals surface area contributed by atoms with E-state index in [2.05, 4.69) is 20.9 Å². The second kappa shape index (κ2) is 3.45. The fraction of sp³-hybridized carbons (Fsp3) is 0.143. The van der Waals surface area contributed by atoms with E-state index in [4.69, 9.17) is 0 Å². The average Bonchev–Trinajstić information content (AvgIpc) is 2.02. The molecule has 0 aliphatic rings. The molecule has 0 aliphatic heterocycles. The molecule has 70 valence electrons. The normalized spacial score (nSPS) is 11.4. The van der Waals surface area contributed by atoms with Crippen molar-refractivity contribution in [2.24, 2.45) is 0 Å². The molecule has 0 saturated carbocycles. The number of rotatable bonds is 1. The standard InChI is InChI=1S/C7H3BrF3NO/c8-5-1-6(7(9,10)11)12-2-4(5)3-13/h1-3H. The molecule has 0 atom stereocenters. The zero-order chi connectivity index (χ0) is 10.1. The highest BCUT2D eigenvalue weighted by molar-refractivity contribution is 9.10. The number of alkyl halides is 3. The molecule has 0 spiro atoms. The van der Waals surface area contributed by atoms with Gasteiger partial charge < -0.3 is 0 Å². The van der Waals surface area contributed by atoms with E-state index in [0.717, 1.165) is 12.3 Å². The zero-order valence-corrected chi connectivity index (χ0v) is 7.69. The van der Waals surface area contributed by atoms with E-state index in [1.807, 2.05) is 0 Å². The predicted molar refractivity (Wildman–Crippen MR) is 42.3 cm³/mol. The molecule has 1 heterocycles. The number of aldehydes is 1. The molecule has 1 rings (SSSR count). The van der Waals surface area contributed by atoms with Gasteiger partial charge in [0.2, 0.25) is 0 Å². The van der Waals surface area contributed by atoms with Gasteiger partial charge in [-0.25, -0.2) is 0 Å². The number of aromatic nitrogens is 1. The Morgan fingerprint density at radius 1 is 1.46 bits per heavy atom. The third-order valence-electron chi connectivity index (χ3n) is 1.30. The fourth-order valence-electron chi connectivity index (χ4n) is 0.683. The Morgan fingerprint density at radius 3 is 2.46 bits per heavy atom. The maximum atomic E-state index is 12.0. The quantitative estimate of drug-likeness (QED) is 0.721. The molecule has 1 aromatic rings. The summed E-state index contributed by atoms with van der Waals surface area (Å²) in [6, 6.07) is 0.768. The lowest BCUT2D eigenvalue weighted by molar-refractivity contribution is -0.141. The minimum absolute atomic E-state index is 0.0878. The van der Waals surface area contributed by atoms with Crippen LogP contribution >= 0.6 is 15.9 Å². The van der Waals surface area contributed by atoms with Gasteiger partial charge in [0.25, 0.3) is 0 Å². The number of nitrogens with zero attached hydrogens (tertiary/aromatic N) is 1. The Kier molecular flexibility index (Phi) is 2.70. The van der Waals surface area contributed by atoms with Crippen LogP contribution in [0, 0.1) is 0 Å². The summed E-state index contributed by atoms with van der Waals surface area (Å²) in [5, 5.41) is 0. The zero-order valence-electron chi connectivity index (χ0n) is 6.10. The smallest absolute Gasteiger partial charge is 0.298 e. The molecule has 6 heteroatoms. The number of halogens is 4. The number of hydrogen-bond acceptors (Lipinski definition) is 2. The van der Waals surface area contributed by atoms with E-state index in [9.17, 15) is 18.0 Å². The summed E-state index contributed by atoms with van der Waals surface area (Å²) in [4.78, 5) is 13.3. The predicted octanol–water partition coefficient (Wildman–Crippen LogP) is 2.68. The molecule has 2 nitrogen and oxygen atoms in total. The molecule has 1 aromatic heterocycles. The van der Waals surface area contributed by atoms with Crippen LogP contribution in [0.15, 0.2) is 16.7 Å². The molecule has 0 saturated heterocycles. The number of carbonyl (C=O) groups is 1. The van der Waals surface area contributed by atoms with Crippen molar-refractivity contribution in [3.63, 3.8) is 0 Å². The topological polar surface area (TPSA) is 30.0 Å². The van der Waals surface area contributed by atoms with Gasteiger partial charge in [0.1, 0.15) is 5.69 Å². The SMILES string of the molecule is O=Cc1cnc(C(F)(F)F)cc1Br. The Labute approximate surface area is 79.9 Å². The van der Waals surface area contributed by atoms with E-state index >= 15 is 0 Å². The molecule has 13 heavy (non-hydrogen) atoms. The van der Waals surface area contributed by atoms with Gasteiger partial charge in [0, 0.05) is 16.2 Å². The van der Waals surface area contributed by atoms with Gasteiger partial charge in [-0.15, -0.1) is 0 Å². The Morgan fingerprint density at radius 2 is 2.08 bits per heavy atom. The Hall–Kier alpha value is -0.910. The lowest BCUT2D eigenvalue weighted by atomic mass is 10.2. The molecule has 0 N–H and O–H groups in total. The van der Waals surface area contributed by atoms with Crippen molar-refractivity contribution < 1.29 is 18.0 Å². The van der Waals surface area contributed by atoms with Gasteiger partial charge in [-0.3, -0.25) is 9.78 Å². The van der Waals surface area contributed by atoms with E-state index in [0.29, 0.717) is 6.29 Å². The Bertz CT molecular complexity index is 337. The molecule has 0 radical (unpaired) electrons. The fourth-order valence-corrected chi connectivity index (χ4v) is 1.10. The summed E-state index contributed by atoms with van der Waals surface area (Å²) < 4.78 is 36.2. The van der Waals surface area contributed by atoms with Crippen LogP contribution in [0.5, 0.6) is 0 Å². The first kappa shape index (κ1) is 10.2. The highest BCUT2D eigenvalue weighted by Gasteiger charge is 2.32. The van der Waals surface area contributed by atoms with Crippen molar-refractivity contribution in [1.82, 2.24) is 4.98 Å². The number of hydrogen-bond donors (Lipinski definition) is 0. The first-order valence-electron chi connectivity index (χ1n) is 3.13. The maximum Gasteiger partial charge on any atom is 0.433 e. The maximum absolute atomic E-state index is 12.0. The van der Waals surface area contributed by atoms with Gasteiger partial charge in [-0.1, -0.05) is 0 Å². The summed E-state index contributed by atoms with van der Waals surface area (Å²) in [6.45, 7) is 0. The van der Waals surface area contributed by atoms with Crippen molar-refractivity contribution >= 4 is 22.2 Å². The van der Waals surface area contributed by atoms with Gasteiger partial charge in [0.15, 0.2) is 6.29 Å². The van der Waals surface area contributed by atoms with Crippen LogP contribution in [0.2, 0.25) is 0 Å². The van der Waals surface area contributed by atoms with Gasteiger partial charge in [-0.05, 0) is 22.0 Å². The monoisotopic (exact) mass is 253 g/mol. The molecular weight excluding hydrogens is 251 g/mol. The van der Waals surface area contributed by atoms with Crippen molar-refractivity contribution in [2.75, 3.05) is 0 Å². The van der Waals surface area contributed by atoms with Crippen LogP contribution in [0.4, 0.5) is 13.2 Å². The lowest BCUT2D eigenvalue weighted by Crippen LogP contribution is -2.08. The van der Waals surface area contributed by atoms with Crippen LogP contribution in [-0.4, -0.2) is 11.3 Å². The first-order valence-corrected chi connectivity index (χ1v) is 3.92. The van der Waals surface area contributed by atoms with Crippen molar-refractivity contribution in [3.05, 3.63) is 28.0 Å². The highest BCUT2D eigenvalue weighted by atomic mass is 79.9. The molecule has 0 aliphatic carbocycles. The summed E-state index contributed by atoms with van der Waals surface area (Å²) in [5.74, 6) is 0. The minimum atomic E-state index is -4.48. The second-order valence-corrected chi connectivity index (χ2v) is 3.06. The van der Waals surface area contributed by atoms with E-state index in [-0.39, 0.29) is 10.0 Å². The van der Waals surface area contributed by atoms with E-state index < -0.39 is 11.9 Å². The molecule has 0 amide bonds. The second-order valence-electron chi connectivity index (χ2n) is 2.21. The van der Waals surface area contributed by atoms with Crippen molar-refractivity contribution in [3.8, 4) is 0 Å². The Balaban J connectivity index is 3.17. The molecular formula is C7H3BrF3NO. The minimum Gasteiger partial charge on any atom is -0.298 e. The van der Waals surface area contributed by atoms with Crippen LogP contribution in [0.1, 0.15) is 16.1 Å².